The topological polar surface area (TPSA) is 12.0 Å². The van der Waals surface area contributed by atoms with Crippen molar-refractivity contribution in [1.82, 2.24) is 0 Å². The highest BCUT2D eigenvalue weighted by Crippen LogP contribution is 2.21. The van der Waals surface area contributed by atoms with Gasteiger partial charge in [-0.2, -0.15) is 0 Å². The van der Waals surface area contributed by atoms with Crippen LogP contribution in [-0.2, 0) is 0 Å². The van der Waals surface area contributed by atoms with E-state index in [1.165, 1.54) is 12.1 Å². The van der Waals surface area contributed by atoms with Crippen molar-refractivity contribution in [3.8, 4) is 0 Å². The van der Waals surface area contributed by atoms with Crippen molar-refractivity contribution in [3.05, 3.63) is 27.6 Å². The van der Waals surface area contributed by atoms with Crippen LogP contribution in [0.1, 0.15) is 20.8 Å². The van der Waals surface area contributed by atoms with E-state index in [4.69, 9.17) is 0 Å². The minimum absolute atomic E-state index is 0.185. The fourth-order valence-corrected chi connectivity index (χ4v) is 1.66. The molecule has 0 saturated heterocycles. The van der Waals surface area contributed by atoms with Gasteiger partial charge in [-0.1, -0.05) is 20.8 Å². The van der Waals surface area contributed by atoms with Crippen LogP contribution in [0.25, 0.3) is 0 Å². The standard InChI is InChI=1S/C11H15FIN/c1-11(2,3)7-14-10-5-4-8(12)6-9(10)13/h4-6,14H,7H2,1-3H3. The summed E-state index contributed by atoms with van der Waals surface area (Å²) in [7, 11) is 0. The van der Waals surface area contributed by atoms with Crippen molar-refractivity contribution in [2.45, 2.75) is 20.8 Å². The lowest BCUT2D eigenvalue weighted by molar-refractivity contribution is 0.443. The fourth-order valence-electron chi connectivity index (χ4n) is 0.993. The van der Waals surface area contributed by atoms with Gasteiger partial charge in [0, 0.05) is 15.8 Å². The van der Waals surface area contributed by atoms with Crippen LogP contribution >= 0.6 is 22.6 Å². The minimum atomic E-state index is -0.185. The number of rotatable bonds is 2. The molecule has 0 atom stereocenters. The molecular formula is C11H15FIN. The molecule has 0 aliphatic heterocycles. The quantitative estimate of drug-likeness (QED) is 0.818. The molecular weight excluding hydrogens is 292 g/mol. The monoisotopic (exact) mass is 307 g/mol. The van der Waals surface area contributed by atoms with Gasteiger partial charge in [0.1, 0.15) is 5.82 Å². The maximum atomic E-state index is 12.8. The van der Waals surface area contributed by atoms with Crippen LogP contribution in [0.5, 0.6) is 0 Å². The highest BCUT2D eigenvalue weighted by atomic mass is 127. The Morgan fingerprint density at radius 2 is 2.00 bits per heavy atom. The Morgan fingerprint density at radius 3 is 2.50 bits per heavy atom. The van der Waals surface area contributed by atoms with E-state index in [0.29, 0.717) is 0 Å². The molecule has 1 nitrogen and oxygen atoms in total. The number of halogens is 2. The van der Waals surface area contributed by atoms with Gasteiger partial charge in [0.25, 0.3) is 0 Å². The summed E-state index contributed by atoms with van der Waals surface area (Å²) in [5.41, 5.74) is 1.24. The lowest BCUT2D eigenvalue weighted by atomic mass is 9.97. The molecule has 0 heterocycles. The van der Waals surface area contributed by atoms with E-state index in [0.717, 1.165) is 15.8 Å². The van der Waals surface area contributed by atoms with Gasteiger partial charge in [-0.25, -0.2) is 4.39 Å². The molecule has 0 spiro atoms. The van der Waals surface area contributed by atoms with Crippen LogP contribution in [-0.4, -0.2) is 6.54 Å². The lowest BCUT2D eigenvalue weighted by Gasteiger charge is -2.20. The third-order valence-electron chi connectivity index (χ3n) is 1.74. The Morgan fingerprint density at radius 1 is 1.36 bits per heavy atom. The van der Waals surface area contributed by atoms with Gasteiger partial charge in [0.05, 0.1) is 0 Å². The molecule has 0 bridgehead atoms. The fraction of sp³-hybridized carbons (Fsp3) is 0.455. The smallest absolute Gasteiger partial charge is 0.124 e. The van der Waals surface area contributed by atoms with Crippen LogP contribution in [0.4, 0.5) is 10.1 Å². The summed E-state index contributed by atoms with van der Waals surface area (Å²) < 4.78 is 13.7. The molecule has 0 unspecified atom stereocenters. The zero-order chi connectivity index (χ0) is 10.8. The predicted octanol–water partition coefficient (Wildman–Crippen LogP) is 3.89. The Balaban J connectivity index is 2.68. The zero-order valence-electron chi connectivity index (χ0n) is 8.70. The van der Waals surface area contributed by atoms with Crippen LogP contribution < -0.4 is 5.32 Å². The van der Waals surface area contributed by atoms with Crippen LogP contribution in [0.3, 0.4) is 0 Å². The first kappa shape index (κ1) is 11.8. The van der Waals surface area contributed by atoms with Gasteiger partial charge >= 0.3 is 0 Å². The van der Waals surface area contributed by atoms with Gasteiger partial charge in [0.15, 0.2) is 0 Å². The minimum Gasteiger partial charge on any atom is -0.384 e. The molecule has 0 aliphatic rings. The highest BCUT2D eigenvalue weighted by molar-refractivity contribution is 14.1. The summed E-state index contributed by atoms with van der Waals surface area (Å²) in [4.78, 5) is 0. The van der Waals surface area contributed by atoms with E-state index in [9.17, 15) is 4.39 Å². The average Bonchev–Trinajstić information content (AvgIpc) is 2.00. The largest absolute Gasteiger partial charge is 0.384 e. The molecule has 0 fully saturated rings. The number of benzene rings is 1. The Kier molecular flexibility index (Phi) is 3.75. The Labute approximate surface area is 98.2 Å². The van der Waals surface area contributed by atoms with Crippen molar-refractivity contribution in [2.24, 2.45) is 5.41 Å². The summed E-state index contributed by atoms with van der Waals surface area (Å²) in [6.07, 6.45) is 0. The van der Waals surface area contributed by atoms with Crippen molar-refractivity contribution in [2.75, 3.05) is 11.9 Å². The van der Waals surface area contributed by atoms with E-state index in [2.05, 4.69) is 48.7 Å². The highest BCUT2D eigenvalue weighted by Gasteiger charge is 2.10. The second-order valence-electron chi connectivity index (χ2n) is 4.54. The van der Waals surface area contributed by atoms with E-state index in [1.807, 2.05) is 0 Å². The molecule has 0 aromatic heterocycles. The number of nitrogens with one attached hydrogen (secondary N) is 1. The molecule has 1 rings (SSSR count). The summed E-state index contributed by atoms with van der Waals surface area (Å²) >= 11 is 2.14. The van der Waals surface area contributed by atoms with Crippen LogP contribution in [0, 0.1) is 14.8 Å². The van der Waals surface area contributed by atoms with E-state index in [1.54, 1.807) is 6.07 Å². The van der Waals surface area contributed by atoms with E-state index >= 15 is 0 Å². The number of hydrogen-bond donors (Lipinski definition) is 1. The van der Waals surface area contributed by atoms with Crippen molar-refractivity contribution in [1.29, 1.82) is 0 Å². The molecule has 1 N–H and O–H groups in total. The Hall–Kier alpha value is -0.320. The van der Waals surface area contributed by atoms with E-state index < -0.39 is 0 Å². The van der Waals surface area contributed by atoms with Gasteiger partial charge in [0.2, 0.25) is 0 Å². The summed E-state index contributed by atoms with van der Waals surface area (Å²) in [5.74, 6) is -0.185. The first-order chi connectivity index (χ1) is 6.38. The molecule has 1 aromatic rings. The Bertz CT molecular complexity index is 318. The van der Waals surface area contributed by atoms with Gasteiger partial charge in [-0.05, 0) is 46.2 Å². The molecule has 3 heteroatoms. The van der Waals surface area contributed by atoms with E-state index in [-0.39, 0.29) is 11.2 Å². The molecule has 0 amide bonds. The predicted molar refractivity (Wildman–Crippen MR) is 67.1 cm³/mol. The summed E-state index contributed by atoms with van der Waals surface area (Å²) in [6, 6.07) is 4.79. The molecule has 0 saturated carbocycles. The summed E-state index contributed by atoms with van der Waals surface area (Å²) in [6.45, 7) is 7.37. The zero-order valence-corrected chi connectivity index (χ0v) is 10.9. The van der Waals surface area contributed by atoms with Gasteiger partial charge in [-0.15, -0.1) is 0 Å². The second kappa shape index (κ2) is 4.47. The first-order valence-corrected chi connectivity index (χ1v) is 5.65. The lowest BCUT2D eigenvalue weighted by Crippen LogP contribution is -2.19. The molecule has 14 heavy (non-hydrogen) atoms. The first-order valence-electron chi connectivity index (χ1n) is 4.57. The maximum Gasteiger partial charge on any atom is 0.124 e. The van der Waals surface area contributed by atoms with Crippen LogP contribution in [0.2, 0.25) is 0 Å². The molecule has 0 radical (unpaired) electrons. The molecule has 0 aliphatic carbocycles. The van der Waals surface area contributed by atoms with Crippen molar-refractivity contribution < 1.29 is 4.39 Å². The second-order valence-corrected chi connectivity index (χ2v) is 5.70. The summed E-state index contributed by atoms with van der Waals surface area (Å²) in [5, 5.41) is 3.31. The molecule has 78 valence electrons. The van der Waals surface area contributed by atoms with Crippen LogP contribution in [0.15, 0.2) is 18.2 Å². The van der Waals surface area contributed by atoms with Crippen molar-refractivity contribution >= 4 is 28.3 Å². The van der Waals surface area contributed by atoms with Gasteiger partial charge in [-0.3, -0.25) is 0 Å². The number of hydrogen-bond acceptors (Lipinski definition) is 1. The maximum absolute atomic E-state index is 12.8. The molecule has 1 aromatic carbocycles. The average molecular weight is 307 g/mol. The van der Waals surface area contributed by atoms with Crippen molar-refractivity contribution in [3.63, 3.8) is 0 Å². The number of anilines is 1. The third kappa shape index (κ3) is 3.82. The van der Waals surface area contributed by atoms with Gasteiger partial charge < -0.3 is 5.32 Å². The normalized spacial score (nSPS) is 11.5. The third-order valence-corrected chi connectivity index (χ3v) is 2.63. The SMILES string of the molecule is CC(C)(C)CNc1ccc(F)cc1I.